The molecular weight excluding hydrogens is 460 g/mol. The second-order valence-electron chi connectivity index (χ2n) is 7.90. The third kappa shape index (κ3) is 5.90. The van der Waals surface area contributed by atoms with Crippen LogP contribution in [0.5, 0.6) is 0 Å². The lowest BCUT2D eigenvalue weighted by Crippen LogP contribution is -2.55. The zero-order chi connectivity index (χ0) is 24.7. The van der Waals surface area contributed by atoms with Gasteiger partial charge in [-0.1, -0.05) is 24.3 Å². The number of likely N-dealkylation sites (tertiary alicyclic amines) is 1. The van der Waals surface area contributed by atoms with Crippen molar-refractivity contribution in [1.29, 1.82) is 0 Å². The lowest BCUT2D eigenvalue weighted by molar-refractivity contribution is -0.141. The number of carboxylic acid groups (broad SMARTS) is 1. The first-order valence-electron chi connectivity index (χ1n) is 10.8. The van der Waals surface area contributed by atoms with Gasteiger partial charge in [0.15, 0.2) is 0 Å². The summed E-state index contributed by atoms with van der Waals surface area (Å²) >= 11 is 1.37. The first kappa shape index (κ1) is 25.2. The summed E-state index contributed by atoms with van der Waals surface area (Å²) in [5.41, 5.74) is 0.204. The van der Waals surface area contributed by atoms with E-state index in [-0.39, 0.29) is 11.4 Å². The van der Waals surface area contributed by atoms with Crippen molar-refractivity contribution < 1.29 is 29.1 Å². The smallest absolute Gasteiger partial charge is 0.305 e. The van der Waals surface area contributed by atoms with Gasteiger partial charge in [0, 0.05) is 23.9 Å². The van der Waals surface area contributed by atoms with Crippen LogP contribution in [0.4, 0.5) is 0 Å². The van der Waals surface area contributed by atoms with Crippen molar-refractivity contribution in [2.45, 2.75) is 37.4 Å². The van der Waals surface area contributed by atoms with Crippen molar-refractivity contribution in [3.8, 4) is 0 Å². The van der Waals surface area contributed by atoms with Gasteiger partial charge in [0.1, 0.15) is 24.1 Å². The van der Waals surface area contributed by atoms with Gasteiger partial charge in [0.05, 0.1) is 12.5 Å². The first-order valence-corrected chi connectivity index (χ1v) is 12.2. The van der Waals surface area contributed by atoms with Crippen LogP contribution < -0.4 is 10.6 Å². The molecule has 180 valence electrons. The Balaban J connectivity index is 1.75. The summed E-state index contributed by atoms with van der Waals surface area (Å²) in [5.74, 6) is -2.43. The van der Waals surface area contributed by atoms with Crippen LogP contribution >= 0.6 is 11.8 Å². The van der Waals surface area contributed by atoms with Crippen molar-refractivity contribution in [2.24, 2.45) is 0 Å². The zero-order valence-electron chi connectivity index (χ0n) is 18.6. The third-order valence-corrected chi connectivity index (χ3v) is 6.22. The highest BCUT2D eigenvalue weighted by Gasteiger charge is 2.38. The molecule has 1 aliphatic heterocycles. The summed E-state index contributed by atoms with van der Waals surface area (Å²) in [6.07, 6.45) is 4.10. The molecule has 2 aromatic rings. The molecule has 1 fully saturated rings. The van der Waals surface area contributed by atoms with Crippen LogP contribution in [0, 0.1) is 0 Å². The van der Waals surface area contributed by atoms with E-state index in [0.717, 1.165) is 5.39 Å². The molecule has 1 aromatic heterocycles. The summed E-state index contributed by atoms with van der Waals surface area (Å²) in [6.45, 7) is 0.314. The molecule has 0 aliphatic carbocycles. The molecule has 2 heterocycles. The predicted molar refractivity (Wildman–Crippen MR) is 126 cm³/mol. The molecule has 10 nitrogen and oxygen atoms in total. The zero-order valence-corrected chi connectivity index (χ0v) is 19.4. The molecule has 2 unspecified atom stereocenters. The van der Waals surface area contributed by atoms with E-state index in [1.807, 2.05) is 12.1 Å². The number of nitrogens with one attached hydrogen (secondary N) is 2. The van der Waals surface area contributed by atoms with E-state index in [2.05, 4.69) is 15.6 Å². The Morgan fingerprint density at radius 2 is 2.00 bits per heavy atom. The van der Waals surface area contributed by atoms with Gasteiger partial charge in [-0.25, -0.2) is 0 Å². The number of aldehydes is 1. The van der Waals surface area contributed by atoms with Gasteiger partial charge in [0.25, 0.3) is 5.91 Å². The highest BCUT2D eigenvalue weighted by atomic mass is 32.2. The van der Waals surface area contributed by atoms with Crippen LogP contribution in [0.15, 0.2) is 36.5 Å². The van der Waals surface area contributed by atoms with Crippen LogP contribution in [-0.4, -0.2) is 81.6 Å². The third-order valence-electron chi connectivity index (χ3n) is 5.55. The number of carbonyl (C=O) groups excluding carboxylic acids is 4. The number of benzene rings is 1. The van der Waals surface area contributed by atoms with Gasteiger partial charge in [-0.15, -0.1) is 0 Å². The number of amides is 3. The fourth-order valence-electron chi connectivity index (χ4n) is 3.97. The Hall–Kier alpha value is -3.47. The average molecular weight is 487 g/mol. The van der Waals surface area contributed by atoms with E-state index in [9.17, 15) is 24.0 Å². The van der Waals surface area contributed by atoms with E-state index in [1.54, 1.807) is 24.5 Å². The van der Waals surface area contributed by atoms with Crippen LogP contribution in [0.3, 0.4) is 0 Å². The Labute approximate surface area is 200 Å². The number of hydrogen-bond donors (Lipinski definition) is 3. The number of hydrogen-bond acceptors (Lipinski definition) is 7. The number of carbonyl (C=O) groups is 5. The van der Waals surface area contributed by atoms with E-state index < -0.39 is 48.2 Å². The summed E-state index contributed by atoms with van der Waals surface area (Å²) < 4.78 is 0. The number of carboxylic acids is 1. The Morgan fingerprint density at radius 3 is 2.71 bits per heavy atom. The summed E-state index contributed by atoms with van der Waals surface area (Å²) in [4.78, 5) is 66.7. The van der Waals surface area contributed by atoms with Gasteiger partial charge in [-0.2, -0.15) is 11.8 Å². The van der Waals surface area contributed by atoms with Crippen molar-refractivity contribution in [2.75, 3.05) is 18.6 Å². The molecule has 3 rings (SSSR count). The Bertz CT molecular complexity index is 1090. The number of rotatable bonds is 10. The number of aliphatic carboxylic acids is 1. The first-order chi connectivity index (χ1) is 16.3. The highest BCUT2D eigenvalue weighted by molar-refractivity contribution is 7.98. The van der Waals surface area contributed by atoms with Crippen LogP contribution in [0.25, 0.3) is 10.8 Å². The quantitative estimate of drug-likeness (QED) is 0.419. The number of thioether (sulfide) groups is 1. The van der Waals surface area contributed by atoms with Gasteiger partial charge in [-0.05, 0) is 30.6 Å². The fourth-order valence-corrected chi connectivity index (χ4v) is 4.53. The predicted octanol–water partition coefficient (Wildman–Crippen LogP) is 0.846. The number of aromatic nitrogens is 1. The maximum atomic E-state index is 13.3. The summed E-state index contributed by atoms with van der Waals surface area (Å²) in [7, 11) is 0. The molecule has 0 spiro atoms. The Morgan fingerprint density at radius 1 is 1.24 bits per heavy atom. The SMILES string of the molecule is CSCC(NC(=O)c1nccc2ccccc12)C(=O)N1CCC[C@H]1C(=O)NC(C=O)CC(=O)O. The van der Waals surface area contributed by atoms with Crippen molar-refractivity contribution in [3.63, 3.8) is 0 Å². The number of fused-ring (bicyclic) bond motifs is 1. The molecular formula is C23H26N4O6S. The molecule has 0 saturated carbocycles. The molecule has 34 heavy (non-hydrogen) atoms. The van der Waals surface area contributed by atoms with Crippen LogP contribution in [0.2, 0.25) is 0 Å². The minimum atomic E-state index is -1.22. The standard InChI is InChI=1S/C23H26N4O6S/c1-34-13-17(26-22(32)20-16-6-3-2-5-14(16)8-9-24-20)23(33)27-10-4-7-18(27)21(31)25-15(12-28)11-19(29)30/h2-3,5-6,8-9,12,15,17-18H,4,7,10-11,13H2,1H3,(H,25,31)(H,26,32)(H,29,30)/t15?,17?,18-/m0/s1. The van der Waals surface area contributed by atoms with Crippen LogP contribution in [-0.2, 0) is 19.2 Å². The van der Waals surface area contributed by atoms with Gasteiger partial charge < -0.3 is 25.4 Å². The second-order valence-corrected chi connectivity index (χ2v) is 8.81. The second kappa shape index (κ2) is 11.6. The largest absolute Gasteiger partial charge is 0.481 e. The number of nitrogens with zero attached hydrogens (tertiary/aromatic N) is 2. The van der Waals surface area contributed by atoms with Gasteiger partial charge >= 0.3 is 5.97 Å². The Kier molecular flexibility index (Phi) is 8.58. The molecule has 11 heteroatoms. The number of pyridine rings is 1. The fraction of sp³-hybridized carbons (Fsp3) is 0.391. The molecule has 1 aromatic carbocycles. The summed E-state index contributed by atoms with van der Waals surface area (Å²) in [5, 5.41) is 15.6. The molecule has 1 aliphatic rings. The lowest BCUT2D eigenvalue weighted by atomic mass is 10.1. The minimum absolute atomic E-state index is 0.204. The summed E-state index contributed by atoms with van der Waals surface area (Å²) in [6, 6.07) is 6.18. The minimum Gasteiger partial charge on any atom is -0.481 e. The van der Waals surface area contributed by atoms with Crippen molar-refractivity contribution in [1.82, 2.24) is 20.5 Å². The van der Waals surface area contributed by atoms with Crippen molar-refractivity contribution in [3.05, 3.63) is 42.2 Å². The van der Waals surface area contributed by atoms with E-state index >= 15 is 0 Å². The molecule has 3 atom stereocenters. The van der Waals surface area contributed by atoms with Gasteiger partial charge in [-0.3, -0.25) is 24.2 Å². The normalized spacial score (nSPS) is 17.1. The van der Waals surface area contributed by atoms with E-state index in [4.69, 9.17) is 5.11 Å². The van der Waals surface area contributed by atoms with Gasteiger partial charge in [0.2, 0.25) is 11.8 Å². The van der Waals surface area contributed by atoms with E-state index in [1.165, 1.54) is 22.9 Å². The molecule has 0 bridgehead atoms. The maximum absolute atomic E-state index is 13.3. The molecule has 1 saturated heterocycles. The maximum Gasteiger partial charge on any atom is 0.305 e. The lowest BCUT2D eigenvalue weighted by Gasteiger charge is -2.29. The van der Waals surface area contributed by atoms with E-state index in [0.29, 0.717) is 31.1 Å². The highest BCUT2D eigenvalue weighted by Crippen LogP contribution is 2.21. The van der Waals surface area contributed by atoms with Crippen LogP contribution in [0.1, 0.15) is 29.8 Å². The molecule has 3 N–H and O–H groups in total. The molecule has 3 amide bonds. The monoisotopic (exact) mass is 486 g/mol. The molecule has 0 radical (unpaired) electrons. The topological polar surface area (TPSA) is 146 Å². The average Bonchev–Trinajstić information content (AvgIpc) is 3.32. The van der Waals surface area contributed by atoms with Crippen molar-refractivity contribution >= 4 is 52.5 Å².